The van der Waals surface area contributed by atoms with Crippen molar-refractivity contribution in [2.24, 2.45) is 11.3 Å². The largest absolute Gasteiger partial charge is 0.480 e. The highest BCUT2D eigenvalue weighted by atomic mass is 19.4. The van der Waals surface area contributed by atoms with Gasteiger partial charge in [-0.25, -0.2) is 4.79 Å². The van der Waals surface area contributed by atoms with Crippen LogP contribution in [0.25, 0.3) is 0 Å². The summed E-state index contributed by atoms with van der Waals surface area (Å²) in [4.78, 5) is 42.1. The second-order valence-electron chi connectivity index (χ2n) is 11.2. The highest BCUT2D eigenvalue weighted by Gasteiger charge is 2.61. The number of carbonyl (C=O) groups is 3. The topological polar surface area (TPSA) is 109 Å². The number of carboxylic acid groups (broad SMARTS) is 1. The fraction of sp³-hybridized carbons (Fsp3) is 0.714. The number of ether oxygens (including phenoxy) is 1. The lowest BCUT2D eigenvalue weighted by atomic mass is 9.76. The number of likely N-dealkylation sites (tertiary alicyclic amines) is 1. The Morgan fingerprint density at radius 3 is 2.51 bits per heavy atom. The number of piperidine rings is 1. The quantitative estimate of drug-likeness (QED) is 0.456. The van der Waals surface area contributed by atoms with E-state index in [4.69, 9.17) is 9.72 Å². The normalized spacial score (nSPS) is 23.3. The summed E-state index contributed by atoms with van der Waals surface area (Å²) in [5.41, 5.74) is 0.992. The standard InChI is InChI=1S/C28H38F3N3O5/c1-18(35)34-13-11-27(12-14-34,28(29,30)31)26(38)33-24(25(36)37)10-15-39-22-16-19(17-22)6-8-21-9-7-20-4-2-3-5-23(20)32-21/h7,9,19,22,24H,2-6,8,10-17H2,1H3,(H,33,38)(H,36,37). The van der Waals surface area contributed by atoms with Crippen molar-refractivity contribution in [3.05, 3.63) is 29.1 Å². The summed E-state index contributed by atoms with van der Waals surface area (Å²) < 4.78 is 47.7. The number of alkyl halides is 3. The number of carbonyl (C=O) groups excluding carboxylic acids is 2. The van der Waals surface area contributed by atoms with E-state index < -0.39 is 42.4 Å². The summed E-state index contributed by atoms with van der Waals surface area (Å²) in [5, 5.41) is 11.6. The van der Waals surface area contributed by atoms with Gasteiger partial charge in [0, 0.05) is 44.4 Å². The first-order chi connectivity index (χ1) is 18.5. The molecule has 2 N–H and O–H groups in total. The Morgan fingerprint density at radius 2 is 1.87 bits per heavy atom. The van der Waals surface area contributed by atoms with E-state index in [1.54, 1.807) is 0 Å². The fourth-order valence-electron chi connectivity index (χ4n) is 5.91. The minimum absolute atomic E-state index is 0.0194. The van der Waals surface area contributed by atoms with Gasteiger partial charge in [0.25, 0.3) is 0 Å². The molecule has 4 rings (SSSR count). The Morgan fingerprint density at radius 1 is 1.18 bits per heavy atom. The highest BCUT2D eigenvalue weighted by molar-refractivity contribution is 5.88. The van der Waals surface area contributed by atoms with Gasteiger partial charge in [-0.3, -0.25) is 14.6 Å². The number of pyridine rings is 1. The van der Waals surface area contributed by atoms with Crippen molar-refractivity contribution in [1.29, 1.82) is 0 Å². The molecule has 1 aromatic rings. The molecule has 0 spiro atoms. The number of rotatable bonds is 10. The lowest BCUT2D eigenvalue weighted by Gasteiger charge is -2.41. The summed E-state index contributed by atoms with van der Waals surface area (Å²) >= 11 is 0. The zero-order valence-corrected chi connectivity index (χ0v) is 22.4. The van der Waals surface area contributed by atoms with E-state index in [0.717, 1.165) is 44.2 Å². The van der Waals surface area contributed by atoms with E-state index in [-0.39, 0.29) is 38.1 Å². The Kier molecular flexibility index (Phi) is 9.18. The van der Waals surface area contributed by atoms with Crippen molar-refractivity contribution in [3.63, 3.8) is 0 Å². The summed E-state index contributed by atoms with van der Waals surface area (Å²) in [6, 6.07) is 2.83. The van der Waals surface area contributed by atoms with E-state index in [2.05, 4.69) is 17.4 Å². The van der Waals surface area contributed by atoms with Crippen LogP contribution in [-0.4, -0.2) is 70.8 Å². The molecule has 2 amide bonds. The SMILES string of the molecule is CC(=O)N1CCC(C(=O)NC(CCOC2CC(CCc3ccc4c(n3)CCCC4)C2)C(=O)O)(C(F)(F)F)CC1. The number of nitrogens with zero attached hydrogens (tertiary/aromatic N) is 2. The van der Waals surface area contributed by atoms with E-state index in [1.807, 2.05) is 0 Å². The second-order valence-corrected chi connectivity index (χ2v) is 11.2. The van der Waals surface area contributed by atoms with Crippen LogP contribution in [0.15, 0.2) is 12.1 Å². The van der Waals surface area contributed by atoms with Crippen molar-refractivity contribution in [2.45, 2.75) is 95.9 Å². The molecule has 39 heavy (non-hydrogen) atoms. The van der Waals surface area contributed by atoms with Gasteiger partial charge in [0.05, 0.1) is 6.10 Å². The van der Waals surface area contributed by atoms with Crippen LogP contribution in [0.3, 0.4) is 0 Å². The number of nitrogens with one attached hydrogen (secondary N) is 1. The maximum absolute atomic E-state index is 14.0. The molecule has 2 aliphatic carbocycles. The van der Waals surface area contributed by atoms with Gasteiger partial charge >= 0.3 is 12.1 Å². The molecular formula is C28H38F3N3O5. The predicted molar refractivity (Wildman–Crippen MR) is 136 cm³/mol. The summed E-state index contributed by atoms with van der Waals surface area (Å²) in [6.07, 6.45) is 1.96. The first-order valence-electron chi connectivity index (χ1n) is 13.9. The molecule has 216 valence electrons. The van der Waals surface area contributed by atoms with Crippen LogP contribution in [0.1, 0.15) is 75.2 Å². The van der Waals surface area contributed by atoms with Crippen molar-refractivity contribution >= 4 is 17.8 Å². The predicted octanol–water partition coefficient (Wildman–Crippen LogP) is 3.84. The third-order valence-corrected chi connectivity index (χ3v) is 8.64. The van der Waals surface area contributed by atoms with Crippen molar-refractivity contribution in [2.75, 3.05) is 19.7 Å². The molecular weight excluding hydrogens is 515 g/mol. The van der Waals surface area contributed by atoms with Gasteiger partial charge in [0.15, 0.2) is 0 Å². The lowest BCUT2D eigenvalue weighted by Crippen LogP contribution is -2.59. The average molecular weight is 554 g/mol. The van der Waals surface area contributed by atoms with Gasteiger partial charge < -0.3 is 20.1 Å². The third kappa shape index (κ3) is 6.91. The monoisotopic (exact) mass is 553 g/mol. The molecule has 2 heterocycles. The summed E-state index contributed by atoms with van der Waals surface area (Å²) in [5.74, 6) is -2.63. The number of aliphatic carboxylic acids is 1. The zero-order chi connectivity index (χ0) is 28.2. The number of halogens is 3. The first kappa shape index (κ1) is 29.3. The van der Waals surface area contributed by atoms with Gasteiger partial charge in [-0.15, -0.1) is 0 Å². The lowest BCUT2D eigenvalue weighted by molar-refractivity contribution is -0.233. The van der Waals surface area contributed by atoms with Crippen LogP contribution in [0.5, 0.6) is 0 Å². The van der Waals surface area contributed by atoms with Crippen LogP contribution in [0.2, 0.25) is 0 Å². The van der Waals surface area contributed by atoms with Crippen molar-refractivity contribution in [3.8, 4) is 0 Å². The third-order valence-electron chi connectivity index (χ3n) is 8.64. The molecule has 1 saturated heterocycles. The van der Waals surface area contributed by atoms with Crippen molar-refractivity contribution < 1.29 is 37.4 Å². The molecule has 0 radical (unpaired) electrons. The van der Waals surface area contributed by atoms with Gasteiger partial charge in [-0.2, -0.15) is 13.2 Å². The zero-order valence-electron chi connectivity index (χ0n) is 22.4. The number of hydrogen-bond acceptors (Lipinski definition) is 5. The van der Waals surface area contributed by atoms with Gasteiger partial charge in [0.2, 0.25) is 11.8 Å². The molecule has 3 aliphatic rings. The second kappa shape index (κ2) is 12.2. The Balaban J connectivity index is 1.20. The van der Waals surface area contributed by atoms with E-state index >= 15 is 0 Å². The molecule has 1 aromatic heterocycles. The van der Waals surface area contributed by atoms with Gasteiger partial charge in [-0.1, -0.05) is 6.07 Å². The van der Waals surface area contributed by atoms with Crippen LogP contribution < -0.4 is 5.32 Å². The van der Waals surface area contributed by atoms with Crippen LogP contribution in [0, 0.1) is 11.3 Å². The number of amides is 2. The molecule has 1 aliphatic heterocycles. The maximum Gasteiger partial charge on any atom is 0.403 e. The average Bonchev–Trinajstić information content (AvgIpc) is 2.87. The molecule has 0 aromatic carbocycles. The number of aryl methyl sites for hydroxylation is 3. The molecule has 2 fully saturated rings. The number of aromatic nitrogens is 1. The summed E-state index contributed by atoms with van der Waals surface area (Å²) in [7, 11) is 0. The van der Waals surface area contributed by atoms with Crippen LogP contribution >= 0.6 is 0 Å². The van der Waals surface area contributed by atoms with Crippen LogP contribution in [0.4, 0.5) is 13.2 Å². The molecule has 1 unspecified atom stereocenters. The summed E-state index contributed by atoms with van der Waals surface area (Å²) in [6.45, 7) is 0.860. The van der Waals surface area contributed by atoms with Gasteiger partial charge in [0.1, 0.15) is 11.5 Å². The molecule has 1 saturated carbocycles. The fourth-order valence-corrected chi connectivity index (χ4v) is 5.91. The Bertz CT molecular complexity index is 1050. The van der Waals surface area contributed by atoms with E-state index in [9.17, 15) is 32.7 Å². The van der Waals surface area contributed by atoms with E-state index in [1.165, 1.54) is 35.9 Å². The number of fused-ring (bicyclic) bond motifs is 1. The number of carboxylic acids is 1. The minimum Gasteiger partial charge on any atom is -0.480 e. The molecule has 0 bridgehead atoms. The first-order valence-corrected chi connectivity index (χ1v) is 13.9. The maximum atomic E-state index is 14.0. The molecule has 8 nitrogen and oxygen atoms in total. The number of hydrogen-bond donors (Lipinski definition) is 2. The molecule has 1 atom stereocenters. The Hall–Kier alpha value is -2.69. The van der Waals surface area contributed by atoms with Gasteiger partial charge in [-0.05, 0) is 81.8 Å². The van der Waals surface area contributed by atoms with E-state index in [0.29, 0.717) is 5.92 Å². The minimum atomic E-state index is -4.87. The smallest absolute Gasteiger partial charge is 0.403 e. The highest BCUT2D eigenvalue weighted by Crippen LogP contribution is 2.46. The van der Waals surface area contributed by atoms with Crippen molar-refractivity contribution in [1.82, 2.24) is 15.2 Å². The molecule has 11 heteroatoms. The Labute approximate surface area is 226 Å². The van der Waals surface area contributed by atoms with Crippen LogP contribution in [-0.2, 0) is 38.4 Å².